The third kappa shape index (κ3) is 11.0. The molecule has 8 nitrogen and oxygen atoms in total. The summed E-state index contributed by atoms with van der Waals surface area (Å²) in [7, 11) is -1.38. The van der Waals surface area contributed by atoms with Gasteiger partial charge in [0, 0.05) is 26.7 Å². The van der Waals surface area contributed by atoms with Crippen molar-refractivity contribution >= 4 is 43.0 Å². The average Bonchev–Trinajstić information content (AvgIpc) is 3.27. The smallest absolute Gasteiger partial charge is 0.407 e. The van der Waals surface area contributed by atoms with Gasteiger partial charge in [-0.15, -0.1) is 0 Å². The number of carbonyl (C=O) groups excluding carboxylic acids is 4. The van der Waals surface area contributed by atoms with E-state index in [1.165, 1.54) is 18.7 Å². The van der Waals surface area contributed by atoms with Crippen LogP contribution in [0.25, 0.3) is 11.1 Å². The first-order valence-electron chi connectivity index (χ1n) is 15.1. The van der Waals surface area contributed by atoms with Gasteiger partial charge >= 0.3 is 18.0 Å². The Hall–Kier alpha value is -3.37. The highest BCUT2D eigenvalue weighted by atomic mass is 32.2. The lowest BCUT2D eigenvalue weighted by Gasteiger charge is -2.24. The highest BCUT2D eigenvalue weighted by Crippen LogP contribution is 2.44. The van der Waals surface area contributed by atoms with Gasteiger partial charge < -0.3 is 19.5 Å². The van der Waals surface area contributed by atoms with Crippen LogP contribution < -0.4 is 5.32 Å². The number of alkyl carbamates (subject to hydrolysis) is 1. The normalized spacial score (nSPS) is 14.1. The molecule has 0 spiro atoms. The molecule has 1 amide bonds. The predicted octanol–water partition coefficient (Wildman–Crippen LogP) is 6.96. The number of carbonyl (C=O) groups is 4. The van der Waals surface area contributed by atoms with E-state index in [0.29, 0.717) is 18.8 Å². The summed E-state index contributed by atoms with van der Waals surface area (Å²) in [4.78, 5) is 50.1. The first-order chi connectivity index (χ1) is 20.9. The van der Waals surface area contributed by atoms with E-state index in [4.69, 9.17) is 14.2 Å². The van der Waals surface area contributed by atoms with E-state index in [1.54, 1.807) is 26.0 Å². The molecule has 0 bridgehead atoms. The van der Waals surface area contributed by atoms with Crippen LogP contribution in [0.1, 0.15) is 50.7 Å². The molecule has 0 saturated heterocycles. The zero-order chi connectivity index (χ0) is 32.3. The van der Waals surface area contributed by atoms with Crippen LogP contribution in [0.4, 0.5) is 4.79 Å². The largest absolute Gasteiger partial charge is 0.466 e. The molecule has 238 valence electrons. The lowest BCUT2D eigenvalue weighted by atomic mass is 9.98. The fraction of sp³-hybridized carbons (Fsp3) is 0.471. The Bertz CT molecular complexity index is 1290. The van der Waals surface area contributed by atoms with Crippen LogP contribution in [0.2, 0.25) is 25.7 Å². The molecule has 0 unspecified atom stereocenters. The molecule has 1 N–H and O–H groups in total. The summed E-state index contributed by atoms with van der Waals surface area (Å²) in [6.07, 6.45) is 2.24. The van der Waals surface area contributed by atoms with Crippen molar-refractivity contribution in [1.82, 2.24) is 5.32 Å². The Balaban J connectivity index is 1.62. The van der Waals surface area contributed by atoms with Crippen LogP contribution in [0.15, 0.2) is 60.7 Å². The molecule has 0 saturated carbocycles. The maximum Gasteiger partial charge on any atom is 0.407 e. The quantitative estimate of drug-likeness (QED) is 0.0733. The van der Waals surface area contributed by atoms with Gasteiger partial charge in [0.2, 0.25) is 0 Å². The van der Waals surface area contributed by atoms with Crippen LogP contribution in [0, 0.1) is 5.92 Å². The number of rotatable bonds is 15. The minimum Gasteiger partial charge on any atom is -0.466 e. The molecule has 0 fully saturated rings. The predicted molar refractivity (Wildman–Crippen MR) is 177 cm³/mol. The Kier molecular flexibility index (Phi) is 13.3. The van der Waals surface area contributed by atoms with Crippen molar-refractivity contribution < 1.29 is 33.4 Å². The molecule has 1 aliphatic carbocycles. The minimum atomic E-state index is -1.38. The van der Waals surface area contributed by atoms with E-state index in [1.807, 2.05) is 36.4 Å². The lowest BCUT2D eigenvalue weighted by Crippen LogP contribution is -2.46. The zero-order valence-corrected chi connectivity index (χ0v) is 28.4. The van der Waals surface area contributed by atoms with Gasteiger partial charge in [0.15, 0.2) is 5.12 Å². The van der Waals surface area contributed by atoms with Crippen LogP contribution in [0.3, 0.4) is 0 Å². The molecule has 3 rings (SSSR count). The maximum absolute atomic E-state index is 13.3. The van der Waals surface area contributed by atoms with Gasteiger partial charge in [0.05, 0.1) is 13.0 Å². The van der Waals surface area contributed by atoms with Gasteiger partial charge in [-0.3, -0.25) is 9.59 Å². The summed E-state index contributed by atoms with van der Waals surface area (Å²) in [6.45, 7) is 12.1. The number of ether oxygens (including phenoxy) is 3. The Morgan fingerprint density at radius 3 is 2.14 bits per heavy atom. The molecule has 0 aromatic heterocycles. The average molecular weight is 640 g/mol. The SMILES string of the molecule is CC(=O)SCCC=C[C@H](CC(=O)OCC[Si](C)(C)C)OC(=O)[C@@H](NC(=O)OCC1c2ccccc2-c2ccccc21)C(C)C. The first kappa shape index (κ1) is 35.1. The van der Waals surface area contributed by atoms with Crippen molar-refractivity contribution in [2.45, 2.75) is 77.4 Å². The van der Waals surface area contributed by atoms with Crippen LogP contribution in [-0.4, -0.2) is 62.3 Å². The van der Waals surface area contributed by atoms with E-state index >= 15 is 0 Å². The Morgan fingerprint density at radius 2 is 1.57 bits per heavy atom. The molecular weight excluding hydrogens is 595 g/mol. The fourth-order valence-electron chi connectivity index (χ4n) is 4.85. The van der Waals surface area contributed by atoms with Crippen molar-refractivity contribution in [2.24, 2.45) is 5.92 Å². The summed E-state index contributed by atoms with van der Waals surface area (Å²) < 4.78 is 16.8. The van der Waals surface area contributed by atoms with Gasteiger partial charge in [0.1, 0.15) is 18.8 Å². The molecular formula is C34H45NO7SSi. The van der Waals surface area contributed by atoms with Crippen molar-refractivity contribution in [3.63, 3.8) is 0 Å². The van der Waals surface area contributed by atoms with Crippen molar-refractivity contribution in [2.75, 3.05) is 19.0 Å². The highest BCUT2D eigenvalue weighted by molar-refractivity contribution is 8.13. The van der Waals surface area contributed by atoms with E-state index in [-0.39, 0.29) is 30.0 Å². The summed E-state index contributed by atoms with van der Waals surface area (Å²) >= 11 is 1.20. The number of amides is 1. The van der Waals surface area contributed by atoms with E-state index in [2.05, 4.69) is 37.1 Å². The number of hydrogen-bond donors (Lipinski definition) is 1. The topological polar surface area (TPSA) is 108 Å². The molecule has 2 aromatic rings. The minimum absolute atomic E-state index is 0.0199. The second kappa shape index (κ2) is 16.6. The first-order valence-corrected chi connectivity index (χ1v) is 19.8. The molecule has 10 heteroatoms. The number of hydrogen-bond acceptors (Lipinski definition) is 8. The van der Waals surface area contributed by atoms with Crippen molar-refractivity contribution in [1.29, 1.82) is 0 Å². The van der Waals surface area contributed by atoms with Gasteiger partial charge in [-0.2, -0.15) is 0 Å². The summed E-state index contributed by atoms with van der Waals surface area (Å²) in [5, 5.41) is 2.69. The van der Waals surface area contributed by atoms with E-state index in [0.717, 1.165) is 28.3 Å². The van der Waals surface area contributed by atoms with Crippen LogP contribution >= 0.6 is 11.8 Å². The molecule has 44 heavy (non-hydrogen) atoms. The molecule has 2 aromatic carbocycles. The van der Waals surface area contributed by atoms with E-state index in [9.17, 15) is 19.2 Å². The highest BCUT2D eigenvalue weighted by Gasteiger charge is 2.32. The van der Waals surface area contributed by atoms with Crippen LogP contribution in [0.5, 0.6) is 0 Å². The number of esters is 2. The van der Waals surface area contributed by atoms with Crippen molar-refractivity contribution in [3.8, 4) is 11.1 Å². The maximum atomic E-state index is 13.3. The number of allylic oxidation sites excluding steroid dienone is 1. The molecule has 0 heterocycles. The van der Waals surface area contributed by atoms with Gasteiger partial charge in [0.25, 0.3) is 0 Å². The van der Waals surface area contributed by atoms with E-state index < -0.39 is 38.3 Å². The monoisotopic (exact) mass is 639 g/mol. The Labute approximate surface area is 266 Å². The molecule has 0 aliphatic heterocycles. The van der Waals surface area contributed by atoms with Crippen LogP contribution in [-0.2, 0) is 28.6 Å². The van der Waals surface area contributed by atoms with Gasteiger partial charge in [-0.05, 0) is 46.7 Å². The van der Waals surface area contributed by atoms with Gasteiger partial charge in [-0.1, -0.05) is 99.9 Å². The summed E-state index contributed by atoms with van der Waals surface area (Å²) in [6, 6.07) is 16.0. The van der Waals surface area contributed by atoms with Gasteiger partial charge in [-0.25, -0.2) is 9.59 Å². The number of thioether (sulfide) groups is 1. The zero-order valence-electron chi connectivity index (χ0n) is 26.6. The third-order valence-corrected chi connectivity index (χ3v) is 9.78. The standard InChI is InChI=1S/C34H45NO7SSi/c1-23(2)32(35-34(39)41-22-30-28-16-9-7-14-26(28)27-15-8-10-17-29(27)30)33(38)42-25(13-11-12-19-43-24(3)36)21-31(37)40-18-20-44(4,5)6/h7-11,13-17,23,25,30,32H,12,18-22H2,1-6H3,(H,35,39)/t25-,32+/m1/s1. The Morgan fingerprint density at radius 1 is 0.955 bits per heavy atom. The second-order valence-corrected chi connectivity index (χ2v) is 19.4. The van der Waals surface area contributed by atoms with Crippen molar-refractivity contribution in [3.05, 3.63) is 71.8 Å². The number of nitrogens with one attached hydrogen (secondary N) is 1. The molecule has 0 radical (unpaired) electrons. The summed E-state index contributed by atoms with van der Waals surface area (Å²) in [5.74, 6) is -0.973. The third-order valence-electron chi connectivity index (χ3n) is 7.23. The summed E-state index contributed by atoms with van der Waals surface area (Å²) in [5.41, 5.74) is 4.43. The number of fused-ring (bicyclic) bond motifs is 3. The molecule has 2 atom stereocenters. The number of benzene rings is 2. The fourth-order valence-corrected chi connectivity index (χ4v) is 6.11. The second-order valence-electron chi connectivity index (χ2n) is 12.5. The molecule has 1 aliphatic rings. The lowest BCUT2D eigenvalue weighted by molar-refractivity contribution is -0.155.